The van der Waals surface area contributed by atoms with Gasteiger partial charge in [-0.3, -0.25) is 15.1 Å². The normalized spacial score (nSPS) is 10.8. The molecule has 0 aliphatic heterocycles. The molecule has 0 saturated carbocycles. The van der Waals surface area contributed by atoms with Crippen molar-refractivity contribution >= 4 is 33.5 Å². The zero-order chi connectivity index (χ0) is 16.7. The molecule has 0 aromatic heterocycles. The van der Waals surface area contributed by atoms with Gasteiger partial charge in [0.05, 0.1) is 4.92 Å². The van der Waals surface area contributed by atoms with Gasteiger partial charge in [-0.1, -0.05) is 15.9 Å². The highest BCUT2D eigenvalue weighted by molar-refractivity contribution is 9.10. The molecular formula is C16H16BrN3O3. The Labute approximate surface area is 142 Å². The van der Waals surface area contributed by atoms with Gasteiger partial charge in [0.25, 0.3) is 5.69 Å². The lowest BCUT2D eigenvalue weighted by atomic mass is 10.2. The third-order valence-corrected chi connectivity index (χ3v) is 3.58. The van der Waals surface area contributed by atoms with Gasteiger partial charge in [0, 0.05) is 47.2 Å². The molecule has 2 N–H and O–H groups in total. The van der Waals surface area contributed by atoms with Crippen molar-refractivity contribution in [3.8, 4) is 5.75 Å². The predicted molar refractivity (Wildman–Crippen MR) is 94.5 cm³/mol. The molecule has 0 atom stereocenters. The van der Waals surface area contributed by atoms with Crippen LogP contribution in [0.25, 0.3) is 0 Å². The number of non-ortho nitro benzene ring substituents is 1. The molecule has 23 heavy (non-hydrogen) atoms. The molecule has 0 spiro atoms. The van der Waals surface area contributed by atoms with Gasteiger partial charge in [0.15, 0.2) is 0 Å². The number of nitrogens with one attached hydrogen (secondary N) is 1. The number of hydrogen-bond acceptors (Lipinski definition) is 5. The first-order valence-corrected chi connectivity index (χ1v) is 7.82. The molecule has 2 rings (SSSR count). The molecule has 7 heteroatoms. The van der Waals surface area contributed by atoms with E-state index in [4.69, 9.17) is 0 Å². The summed E-state index contributed by atoms with van der Waals surface area (Å²) >= 11 is 3.35. The quantitative estimate of drug-likeness (QED) is 0.330. The zero-order valence-corrected chi connectivity index (χ0v) is 13.9. The van der Waals surface area contributed by atoms with E-state index in [2.05, 4.69) is 26.2 Å². The molecule has 0 aliphatic carbocycles. The fourth-order valence-electron chi connectivity index (χ4n) is 1.90. The highest BCUT2D eigenvalue weighted by Crippen LogP contribution is 2.20. The summed E-state index contributed by atoms with van der Waals surface area (Å²) < 4.78 is 0.886. The van der Waals surface area contributed by atoms with Gasteiger partial charge in [-0.15, -0.1) is 0 Å². The second-order valence-corrected chi connectivity index (χ2v) is 5.74. The number of nitro groups is 1. The SMILES string of the molecule is O=[N+]([O-])c1ccc(NCCCN=Cc2cc(Br)ccc2O)cc1. The van der Waals surface area contributed by atoms with Gasteiger partial charge in [0.1, 0.15) is 5.75 Å². The lowest BCUT2D eigenvalue weighted by molar-refractivity contribution is -0.384. The number of hydrogen-bond donors (Lipinski definition) is 2. The topological polar surface area (TPSA) is 87.8 Å². The number of anilines is 1. The minimum absolute atomic E-state index is 0.0778. The van der Waals surface area contributed by atoms with Gasteiger partial charge < -0.3 is 10.4 Å². The number of halogens is 1. The second kappa shape index (κ2) is 8.28. The maximum Gasteiger partial charge on any atom is 0.269 e. The molecule has 0 aliphatic rings. The summed E-state index contributed by atoms with van der Waals surface area (Å²) in [6.45, 7) is 1.32. The minimum Gasteiger partial charge on any atom is -0.507 e. The highest BCUT2D eigenvalue weighted by Gasteiger charge is 2.03. The van der Waals surface area contributed by atoms with E-state index in [1.807, 2.05) is 0 Å². The molecule has 0 unspecified atom stereocenters. The largest absolute Gasteiger partial charge is 0.507 e. The van der Waals surface area contributed by atoms with Crippen molar-refractivity contribution in [2.45, 2.75) is 6.42 Å². The number of rotatable bonds is 7. The van der Waals surface area contributed by atoms with Crippen LogP contribution in [-0.2, 0) is 0 Å². The lowest BCUT2D eigenvalue weighted by Gasteiger charge is -2.04. The van der Waals surface area contributed by atoms with Gasteiger partial charge >= 0.3 is 0 Å². The van der Waals surface area contributed by atoms with E-state index in [-0.39, 0.29) is 11.4 Å². The standard InChI is InChI=1S/C16H16BrN3O3/c17-13-2-7-16(21)12(10-13)11-18-8-1-9-19-14-3-5-15(6-4-14)20(22)23/h2-7,10-11,19,21H,1,8-9H2. The molecule has 0 saturated heterocycles. The van der Waals surface area contributed by atoms with Crippen molar-refractivity contribution in [1.29, 1.82) is 0 Å². The Morgan fingerprint density at radius 2 is 2.00 bits per heavy atom. The van der Waals surface area contributed by atoms with Crippen molar-refractivity contribution in [2.75, 3.05) is 18.4 Å². The smallest absolute Gasteiger partial charge is 0.269 e. The molecule has 0 fully saturated rings. The summed E-state index contributed by atoms with van der Waals surface area (Å²) in [5.74, 6) is 0.195. The average Bonchev–Trinajstić information content (AvgIpc) is 2.54. The van der Waals surface area contributed by atoms with Crippen molar-refractivity contribution in [1.82, 2.24) is 0 Å². The third-order valence-electron chi connectivity index (χ3n) is 3.09. The zero-order valence-electron chi connectivity index (χ0n) is 12.3. The van der Waals surface area contributed by atoms with Crippen LogP contribution in [-0.4, -0.2) is 29.3 Å². The van der Waals surface area contributed by atoms with Gasteiger partial charge in [-0.25, -0.2) is 0 Å². The number of phenolic OH excluding ortho intramolecular Hbond substituents is 1. The van der Waals surface area contributed by atoms with E-state index in [1.54, 1.807) is 36.5 Å². The monoisotopic (exact) mass is 377 g/mol. The molecule has 0 bridgehead atoms. The molecule has 2 aromatic rings. The maximum absolute atomic E-state index is 10.6. The van der Waals surface area contributed by atoms with Crippen LogP contribution in [0, 0.1) is 10.1 Å². The maximum atomic E-state index is 10.6. The molecule has 0 radical (unpaired) electrons. The van der Waals surface area contributed by atoms with Crippen LogP contribution >= 0.6 is 15.9 Å². The van der Waals surface area contributed by atoms with E-state index >= 15 is 0 Å². The van der Waals surface area contributed by atoms with Crippen LogP contribution in [0.5, 0.6) is 5.75 Å². The van der Waals surface area contributed by atoms with E-state index in [9.17, 15) is 15.2 Å². The fraction of sp³-hybridized carbons (Fsp3) is 0.188. The van der Waals surface area contributed by atoms with E-state index in [1.165, 1.54) is 12.1 Å². The van der Waals surface area contributed by atoms with Crippen LogP contribution < -0.4 is 5.32 Å². The highest BCUT2D eigenvalue weighted by atomic mass is 79.9. The van der Waals surface area contributed by atoms with Gasteiger partial charge in [0.2, 0.25) is 0 Å². The molecule has 6 nitrogen and oxygen atoms in total. The number of aromatic hydroxyl groups is 1. The second-order valence-electron chi connectivity index (χ2n) is 4.82. The first-order valence-electron chi connectivity index (χ1n) is 7.03. The lowest BCUT2D eigenvalue weighted by Crippen LogP contribution is -2.03. The van der Waals surface area contributed by atoms with Crippen LogP contribution in [0.15, 0.2) is 51.9 Å². The summed E-state index contributed by atoms with van der Waals surface area (Å²) in [6.07, 6.45) is 2.45. The molecule has 0 heterocycles. The number of phenols is 1. The minimum atomic E-state index is -0.421. The summed E-state index contributed by atoms with van der Waals surface area (Å²) in [5.41, 5.74) is 1.58. The summed E-state index contributed by atoms with van der Waals surface area (Å²) in [7, 11) is 0. The van der Waals surface area contributed by atoms with Crippen LogP contribution in [0.1, 0.15) is 12.0 Å². The van der Waals surface area contributed by atoms with Gasteiger partial charge in [-0.2, -0.15) is 0 Å². The Hall–Kier alpha value is -2.41. The first kappa shape index (κ1) is 17.0. The van der Waals surface area contributed by atoms with Crippen LogP contribution in [0.2, 0.25) is 0 Å². The fourth-order valence-corrected chi connectivity index (χ4v) is 2.27. The summed E-state index contributed by atoms with van der Waals surface area (Å²) in [4.78, 5) is 14.4. The summed E-state index contributed by atoms with van der Waals surface area (Å²) in [5, 5.41) is 23.4. The number of nitro benzene ring substituents is 1. The molecule has 2 aromatic carbocycles. The van der Waals surface area contributed by atoms with Crippen molar-refractivity contribution in [2.24, 2.45) is 4.99 Å². The van der Waals surface area contributed by atoms with Crippen LogP contribution in [0.3, 0.4) is 0 Å². The van der Waals surface area contributed by atoms with Crippen molar-refractivity contribution < 1.29 is 10.0 Å². The molecular weight excluding hydrogens is 362 g/mol. The van der Waals surface area contributed by atoms with E-state index in [0.717, 1.165) is 16.6 Å². The number of aliphatic imine (C=N–C) groups is 1. The van der Waals surface area contributed by atoms with E-state index in [0.29, 0.717) is 18.7 Å². The molecule has 120 valence electrons. The van der Waals surface area contributed by atoms with Crippen molar-refractivity contribution in [3.63, 3.8) is 0 Å². The van der Waals surface area contributed by atoms with E-state index < -0.39 is 4.92 Å². The Bertz CT molecular complexity index is 702. The Morgan fingerprint density at radius 1 is 1.26 bits per heavy atom. The first-order chi connectivity index (χ1) is 11.1. The summed E-state index contributed by atoms with van der Waals surface area (Å²) in [6, 6.07) is 11.5. The predicted octanol–water partition coefficient (Wildman–Crippen LogP) is 3.98. The Kier molecular flexibility index (Phi) is 6.10. The number of benzene rings is 2. The Balaban J connectivity index is 1.74. The van der Waals surface area contributed by atoms with Crippen molar-refractivity contribution in [3.05, 3.63) is 62.6 Å². The average molecular weight is 378 g/mol. The number of nitrogens with zero attached hydrogens (tertiary/aromatic N) is 2. The third kappa shape index (κ3) is 5.37. The molecule has 0 amide bonds. The van der Waals surface area contributed by atoms with Gasteiger partial charge in [-0.05, 0) is 36.8 Å². The Morgan fingerprint density at radius 3 is 2.70 bits per heavy atom. The van der Waals surface area contributed by atoms with Crippen LogP contribution in [0.4, 0.5) is 11.4 Å².